The third kappa shape index (κ3) is 2.40. The molecule has 2 aliphatic heterocycles. The molecule has 0 saturated carbocycles. The molecule has 1 aromatic carbocycles. The van der Waals surface area contributed by atoms with Crippen LogP contribution in [0.3, 0.4) is 0 Å². The van der Waals surface area contributed by atoms with Crippen molar-refractivity contribution in [3.8, 4) is 11.1 Å². The van der Waals surface area contributed by atoms with Gasteiger partial charge in [0.2, 0.25) is 0 Å². The Labute approximate surface area is 137 Å². The van der Waals surface area contributed by atoms with Crippen molar-refractivity contribution in [1.82, 2.24) is 9.97 Å². The molecule has 2 N–H and O–H groups in total. The molecule has 2 aliphatic rings. The standard InChI is InChI=1S/C16H15FN4OS/c17-14-2-1-11(3-13(14)10-4-19-9-20-5-10)16-8-22-6-12(16)7-23-15(18)21-16/h1-5,9,12H,6-8H2,(H2,18,21)/t12-,16+/m1/s1. The minimum Gasteiger partial charge on any atom is -0.379 e. The fourth-order valence-electron chi connectivity index (χ4n) is 3.17. The quantitative estimate of drug-likeness (QED) is 0.914. The lowest BCUT2D eigenvalue weighted by atomic mass is 9.81. The highest BCUT2D eigenvalue weighted by Gasteiger charge is 2.48. The van der Waals surface area contributed by atoms with Crippen molar-refractivity contribution in [2.24, 2.45) is 16.6 Å². The molecule has 1 aromatic heterocycles. The Bertz CT molecular complexity index is 770. The van der Waals surface area contributed by atoms with E-state index in [1.165, 1.54) is 12.4 Å². The number of halogens is 1. The number of amidine groups is 1. The SMILES string of the molecule is NC1=N[C@]2(c3ccc(F)c(-c4cncnc4)c3)COC[C@@H]2CS1. The molecule has 5 nitrogen and oxygen atoms in total. The Morgan fingerprint density at radius 1 is 1.30 bits per heavy atom. The molecule has 118 valence electrons. The molecule has 0 spiro atoms. The number of aromatic nitrogens is 2. The number of ether oxygens (including phenoxy) is 1. The molecule has 23 heavy (non-hydrogen) atoms. The van der Waals surface area contributed by atoms with Gasteiger partial charge in [-0.05, 0) is 17.7 Å². The molecule has 4 rings (SSSR count). The lowest BCUT2D eigenvalue weighted by Crippen LogP contribution is -2.39. The topological polar surface area (TPSA) is 73.4 Å². The molecular formula is C16H15FN4OS. The Hall–Kier alpha value is -1.99. The van der Waals surface area contributed by atoms with Crippen molar-refractivity contribution in [3.63, 3.8) is 0 Å². The normalized spacial score (nSPS) is 26.7. The summed E-state index contributed by atoms with van der Waals surface area (Å²) in [6.07, 6.45) is 4.63. The number of nitrogens with zero attached hydrogens (tertiary/aromatic N) is 3. The predicted octanol–water partition coefficient (Wildman–Crippen LogP) is 2.19. The minimum atomic E-state index is -0.520. The van der Waals surface area contributed by atoms with Gasteiger partial charge in [0.15, 0.2) is 5.17 Å². The molecule has 0 unspecified atom stereocenters. The molecule has 1 fully saturated rings. The predicted molar refractivity (Wildman–Crippen MR) is 87.5 cm³/mol. The van der Waals surface area contributed by atoms with E-state index in [2.05, 4.69) is 15.0 Å². The van der Waals surface area contributed by atoms with Gasteiger partial charge in [-0.15, -0.1) is 0 Å². The Morgan fingerprint density at radius 3 is 2.96 bits per heavy atom. The maximum Gasteiger partial charge on any atom is 0.154 e. The number of hydrogen-bond acceptors (Lipinski definition) is 6. The van der Waals surface area contributed by atoms with Crippen molar-refractivity contribution < 1.29 is 9.13 Å². The number of rotatable bonds is 2. The van der Waals surface area contributed by atoms with Gasteiger partial charge < -0.3 is 10.5 Å². The second kappa shape index (κ2) is 5.58. The fourth-order valence-corrected chi connectivity index (χ4v) is 4.15. The van der Waals surface area contributed by atoms with E-state index in [4.69, 9.17) is 10.5 Å². The van der Waals surface area contributed by atoms with Gasteiger partial charge in [0.1, 0.15) is 17.7 Å². The monoisotopic (exact) mass is 330 g/mol. The average Bonchev–Trinajstić information content (AvgIpc) is 3.00. The highest BCUT2D eigenvalue weighted by molar-refractivity contribution is 8.13. The zero-order valence-electron chi connectivity index (χ0n) is 12.3. The molecule has 0 amide bonds. The summed E-state index contributed by atoms with van der Waals surface area (Å²) >= 11 is 1.55. The summed E-state index contributed by atoms with van der Waals surface area (Å²) in [5.74, 6) is 0.791. The van der Waals surface area contributed by atoms with Crippen molar-refractivity contribution in [2.45, 2.75) is 5.54 Å². The van der Waals surface area contributed by atoms with E-state index < -0.39 is 5.54 Å². The van der Waals surface area contributed by atoms with Gasteiger partial charge in [0.25, 0.3) is 0 Å². The molecule has 1 saturated heterocycles. The van der Waals surface area contributed by atoms with Crippen LogP contribution in [-0.4, -0.2) is 34.1 Å². The molecule has 2 atom stereocenters. The van der Waals surface area contributed by atoms with E-state index in [0.717, 1.165) is 11.3 Å². The fraction of sp³-hybridized carbons (Fsp3) is 0.312. The summed E-state index contributed by atoms with van der Waals surface area (Å²) in [7, 11) is 0. The van der Waals surface area contributed by atoms with Crippen LogP contribution in [0, 0.1) is 11.7 Å². The summed E-state index contributed by atoms with van der Waals surface area (Å²) in [4.78, 5) is 12.6. The number of benzene rings is 1. The largest absolute Gasteiger partial charge is 0.379 e. The molecule has 2 aromatic rings. The third-order valence-electron chi connectivity index (χ3n) is 4.40. The van der Waals surface area contributed by atoms with E-state index in [9.17, 15) is 4.39 Å². The van der Waals surface area contributed by atoms with Crippen LogP contribution < -0.4 is 5.73 Å². The number of nitrogens with two attached hydrogens (primary N) is 1. The van der Waals surface area contributed by atoms with Crippen molar-refractivity contribution in [1.29, 1.82) is 0 Å². The highest BCUT2D eigenvalue weighted by Crippen LogP contribution is 2.45. The molecule has 0 bridgehead atoms. The van der Waals surface area contributed by atoms with Crippen LogP contribution >= 0.6 is 11.8 Å². The van der Waals surface area contributed by atoms with E-state index in [1.807, 2.05) is 6.07 Å². The average molecular weight is 330 g/mol. The maximum atomic E-state index is 14.3. The van der Waals surface area contributed by atoms with Gasteiger partial charge >= 0.3 is 0 Å². The molecular weight excluding hydrogens is 315 g/mol. The molecule has 3 heterocycles. The van der Waals surface area contributed by atoms with Crippen LogP contribution in [0.15, 0.2) is 41.9 Å². The molecule has 0 radical (unpaired) electrons. The number of aliphatic imine (C=N–C) groups is 1. The van der Waals surface area contributed by atoms with E-state index in [-0.39, 0.29) is 11.7 Å². The second-order valence-corrected chi connectivity index (χ2v) is 6.76. The van der Waals surface area contributed by atoms with Crippen molar-refractivity contribution in [3.05, 3.63) is 48.3 Å². The zero-order chi connectivity index (χ0) is 15.9. The van der Waals surface area contributed by atoms with Gasteiger partial charge in [-0.3, -0.25) is 0 Å². The lowest BCUT2D eigenvalue weighted by Gasteiger charge is -2.34. The summed E-state index contributed by atoms with van der Waals surface area (Å²) in [5, 5.41) is 0.556. The van der Waals surface area contributed by atoms with Crippen LogP contribution in [0.25, 0.3) is 11.1 Å². The van der Waals surface area contributed by atoms with Crippen molar-refractivity contribution in [2.75, 3.05) is 19.0 Å². The summed E-state index contributed by atoms with van der Waals surface area (Å²) < 4.78 is 20.0. The van der Waals surface area contributed by atoms with E-state index >= 15 is 0 Å². The van der Waals surface area contributed by atoms with E-state index in [0.29, 0.717) is 29.5 Å². The highest BCUT2D eigenvalue weighted by atomic mass is 32.2. The molecule has 0 aliphatic carbocycles. The van der Waals surface area contributed by atoms with Gasteiger partial charge in [-0.1, -0.05) is 17.8 Å². The zero-order valence-corrected chi connectivity index (χ0v) is 13.1. The van der Waals surface area contributed by atoms with Gasteiger partial charge in [-0.25, -0.2) is 19.4 Å². The smallest absolute Gasteiger partial charge is 0.154 e. The first-order chi connectivity index (χ1) is 11.2. The van der Waals surface area contributed by atoms with Gasteiger partial charge in [-0.2, -0.15) is 0 Å². The summed E-state index contributed by atoms with van der Waals surface area (Å²) in [6, 6.07) is 5.06. The summed E-state index contributed by atoms with van der Waals surface area (Å²) in [5.41, 5.74) is 7.46. The van der Waals surface area contributed by atoms with Crippen LogP contribution in [0.2, 0.25) is 0 Å². The van der Waals surface area contributed by atoms with Crippen LogP contribution in [-0.2, 0) is 10.3 Å². The number of fused-ring (bicyclic) bond motifs is 1. The Kier molecular flexibility index (Phi) is 3.54. The lowest BCUT2D eigenvalue weighted by molar-refractivity contribution is 0.177. The van der Waals surface area contributed by atoms with E-state index in [1.54, 1.807) is 30.2 Å². The van der Waals surface area contributed by atoms with Crippen molar-refractivity contribution >= 4 is 16.9 Å². The minimum absolute atomic E-state index is 0.241. The van der Waals surface area contributed by atoms with Crippen LogP contribution in [0.1, 0.15) is 5.56 Å². The number of hydrogen-bond donors (Lipinski definition) is 1. The van der Waals surface area contributed by atoms with Gasteiger partial charge in [0, 0.05) is 35.2 Å². The maximum absolute atomic E-state index is 14.3. The van der Waals surface area contributed by atoms with Gasteiger partial charge in [0.05, 0.1) is 13.2 Å². The van der Waals surface area contributed by atoms with Crippen LogP contribution in [0.5, 0.6) is 0 Å². The number of thioether (sulfide) groups is 1. The first kappa shape index (κ1) is 14.6. The third-order valence-corrected chi connectivity index (χ3v) is 5.35. The van der Waals surface area contributed by atoms with Crippen LogP contribution in [0.4, 0.5) is 4.39 Å². The second-order valence-electron chi connectivity index (χ2n) is 5.72. The first-order valence-electron chi connectivity index (χ1n) is 7.30. The Balaban J connectivity index is 1.85. The first-order valence-corrected chi connectivity index (χ1v) is 8.29. The summed E-state index contributed by atoms with van der Waals surface area (Å²) in [6.45, 7) is 1.11. The molecule has 7 heteroatoms. The Morgan fingerprint density at radius 2 is 2.13 bits per heavy atom.